The molecule has 1 aliphatic carbocycles. The lowest BCUT2D eigenvalue weighted by atomic mass is 10.1. The molecule has 1 aromatic heterocycles. The van der Waals surface area contributed by atoms with Crippen LogP contribution in [0, 0.1) is 0 Å². The predicted octanol–water partition coefficient (Wildman–Crippen LogP) is 1.98. The first-order valence-corrected chi connectivity index (χ1v) is 8.17. The van der Waals surface area contributed by atoms with E-state index in [0.29, 0.717) is 31.1 Å². The number of benzene rings is 1. The average molecular weight is 327 g/mol. The minimum Gasteiger partial charge on any atom is -0.497 e. The van der Waals surface area contributed by atoms with Gasteiger partial charge in [0.1, 0.15) is 5.75 Å². The number of nitrogens with one attached hydrogen (secondary N) is 1. The molecule has 0 unspecified atom stereocenters. The van der Waals surface area contributed by atoms with Crippen LogP contribution in [0.4, 0.5) is 0 Å². The smallest absolute Gasteiger partial charge is 0.266 e. The Hall–Kier alpha value is -2.63. The second kappa shape index (κ2) is 7.29. The monoisotopic (exact) mass is 327 g/mol. The molecule has 3 rings (SSSR count). The SMILES string of the molecule is COc1cccc(-c2ccc(=O)n(CCCC(=O)NC3CC3)n2)c1. The molecule has 6 heteroatoms. The van der Waals surface area contributed by atoms with Crippen LogP contribution in [-0.4, -0.2) is 28.8 Å². The van der Waals surface area contributed by atoms with E-state index < -0.39 is 0 Å². The van der Waals surface area contributed by atoms with E-state index in [0.717, 1.165) is 24.2 Å². The predicted molar refractivity (Wildman–Crippen MR) is 90.9 cm³/mol. The fourth-order valence-electron chi connectivity index (χ4n) is 2.46. The molecule has 1 N–H and O–H groups in total. The van der Waals surface area contributed by atoms with Gasteiger partial charge < -0.3 is 10.1 Å². The molecule has 1 aliphatic rings. The van der Waals surface area contributed by atoms with Crippen molar-refractivity contribution in [1.82, 2.24) is 15.1 Å². The van der Waals surface area contributed by atoms with Crippen molar-refractivity contribution >= 4 is 5.91 Å². The summed E-state index contributed by atoms with van der Waals surface area (Å²) in [7, 11) is 1.61. The molecule has 1 saturated carbocycles. The molecule has 1 aromatic carbocycles. The first-order valence-electron chi connectivity index (χ1n) is 8.17. The summed E-state index contributed by atoms with van der Waals surface area (Å²) in [5.41, 5.74) is 1.43. The number of amides is 1. The maximum absolute atomic E-state index is 12.0. The Balaban J connectivity index is 1.66. The molecule has 0 aliphatic heterocycles. The maximum Gasteiger partial charge on any atom is 0.266 e. The third kappa shape index (κ3) is 4.22. The summed E-state index contributed by atoms with van der Waals surface area (Å²) in [5.74, 6) is 0.790. The molecule has 1 fully saturated rings. The zero-order valence-corrected chi connectivity index (χ0v) is 13.7. The van der Waals surface area contributed by atoms with Gasteiger partial charge in [0.2, 0.25) is 5.91 Å². The van der Waals surface area contributed by atoms with E-state index in [9.17, 15) is 9.59 Å². The topological polar surface area (TPSA) is 73.2 Å². The number of carbonyl (C=O) groups is 1. The second-order valence-electron chi connectivity index (χ2n) is 5.96. The second-order valence-corrected chi connectivity index (χ2v) is 5.96. The molecule has 1 amide bonds. The third-order valence-electron chi connectivity index (χ3n) is 3.95. The molecule has 6 nitrogen and oxygen atoms in total. The van der Waals surface area contributed by atoms with Gasteiger partial charge in [0.15, 0.2) is 0 Å². The van der Waals surface area contributed by atoms with Crippen molar-refractivity contribution in [2.75, 3.05) is 7.11 Å². The lowest BCUT2D eigenvalue weighted by Crippen LogP contribution is -2.27. The number of aromatic nitrogens is 2. The van der Waals surface area contributed by atoms with E-state index in [1.54, 1.807) is 13.2 Å². The Morgan fingerprint density at radius 3 is 2.92 bits per heavy atom. The van der Waals surface area contributed by atoms with E-state index in [4.69, 9.17) is 4.74 Å². The molecular weight excluding hydrogens is 306 g/mol. The number of methoxy groups -OCH3 is 1. The molecular formula is C18H21N3O3. The van der Waals surface area contributed by atoms with Gasteiger partial charge in [-0.15, -0.1) is 0 Å². The van der Waals surface area contributed by atoms with Crippen molar-refractivity contribution in [3.63, 3.8) is 0 Å². The Morgan fingerprint density at radius 1 is 1.33 bits per heavy atom. The van der Waals surface area contributed by atoms with Crippen LogP contribution in [0.3, 0.4) is 0 Å². The van der Waals surface area contributed by atoms with Crippen molar-refractivity contribution in [3.8, 4) is 17.0 Å². The largest absolute Gasteiger partial charge is 0.497 e. The first-order chi connectivity index (χ1) is 11.7. The molecule has 0 saturated heterocycles. The lowest BCUT2D eigenvalue weighted by molar-refractivity contribution is -0.121. The fraction of sp³-hybridized carbons (Fsp3) is 0.389. The van der Waals surface area contributed by atoms with E-state index in [1.165, 1.54) is 10.7 Å². The summed E-state index contributed by atoms with van der Waals surface area (Å²) in [6.07, 6.45) is 3.16. The Bertz CT molecular complexity index is 781. The molecule has 1 heterocycles. The number of hydrogen-bond acceptors (Lipinski definition) is 4. The number of nitrogens with zero attached hydrogens (tertiary/aromatic N) is 2. The zero-order chi connectivity index (χ0) is 16.9. The molecule has 0 bridgehead atoms. The quantitative estimate of drug-likeness (QED) is 0.844. The van der Waals surface area contributed by atoms with Gasteiger partial charge in [-0.2, -0.15) is 5.10 Å². The van der Waals surface area contributed by atoms with Gasteiger partial charge in [-0.1, -0.05) is 12.1 Å². The minimum atomic E-state index is -0.163. The van der Waals surface area contributed by atoms with Crippen molar-refractivity contribution in [3.05, 3.63) is 46.8 Å². The Labute approximate surface area is 140 Å². The van der Waals surface area contributed by atoms with Crippen molar-refractivity contribution in [1.29, 1.82) is 0 Å². The van der Waals surface area contributed by atoms with Gasteiger partial charge in [-0.3, -0.25) is 9.59 Å². The van der Waals surface area contributed by atoms with Gasteiger partial charge in [0.05, 0.1) is 12.8 Å². The van der Waals surface area contributed by atoms with Crippen LogP contribution in [0.25, 0.3) is 11.3 Å². The van der Waals surface area contributed by atoms with Crippen molar-refractivity contribution in [2.24, 2.45) is 0 Å². The summed E-state index contributed by atoms with van der Waals surface area (Å²) in [4.78, 5) is 23.7. The van der Waals surface area contributed by atoms with Gasteiger partial charge in [0.25, 0.3) is 5.56 Å². The minimum absolute atomic E-state index is 0.0505. The summed E-state index contributed by atoms with van der Waals surface area (Å²) < 4.78 is 6.63. The molecule has 126 valence electrons. The number of aryl methyl sites for hydroxylation is 1. The summed E-state index contributed by atoms with van der Waals surface area (Å²) in [6, 6.07) is 11.1. The summed E-state index contributed by atoms with van der Waals surface area (Å²) >= 11 is 0. The van der Waals surface area contributed by atoms with E-state index in [-0.39, 0.29) is 11.5 Å². The average Bonchev–Trinajstić information content (AvgIpc) is 3.40. The highest BCUT2D eigenvalue weighted by Crippen LogP contribution is 2.21. The number of hydrogen-bond donors (Lipinski definition) is 1. The van der Waals surface area contributed by atoms with Crippen molar-refractivity contribution in [2.45, 2.75) is 38.3 Å². The van der Waals surface area contributed by atoms with Crippen LogP contribution in [-0.2, 0) is 11.3 Å². The van der Waals surface area contributed by atoms with Gasteiger partial charge in [-0.05, 0) is 37.5 Å². The number of carbonyl (C=O) groups excluding carboxylic acids is 1. The van der Waals surface area contributed by atoms with Crippen LogP contribution >= 0.6 is 0 Å². The highest BCUT2D eigenvalue weighted by atomic mass is 16.5. The molecule has 2 aromatic rings. The zero-order valence-electron chi connectivity index (χ0n) is 13.7. The number of ether oxygens (including phenoxy) is 1. The maximum atomic E-state index is 12.0. The van der Waals surface area contributed by atoms with Crippen molar-refractivity contribution < 1.29 is 9.53 Å². The van der Waals surface area contributed by atoms with E-state index >= 15 is 0 Å². The molecule has 24 heavy (non-hydrogen) atoms. The van der Waals surface area contributed by atoms with Gasteiger partial charge in [-0.25, -0.2) is 4.68 Å². The molecule has 0 radical (unpaired) electrons. The molecule has 0 atom stereocenters. The standard InChI is InChI=1S/C18H21N3O3/c1-24-15-5-2-4-13(12-15)16-9-10-18(23)21(20-16)11-3-6-17(22)19-14-7-8-14/h2,4-5,9-10,12,14H,3,6-8,11H2,1H3,(H,19,22). The number of rotatable bonds is 7. The van der Waals surface area contributed by atoms with Gasteiger partial charge in [0, 0.05) is 30.6 Å². The molecule has 0 spiro atoms. The first kappa shape index (κ1) is 16.2. The normalized spacial score (nSPS) is 13.5. The Morgan fingerprint density at radius 2 is 2.17 bits per heavy atom. The van der Waals surface area contributed by atoms with E-state index in [1.807, 2.05) is 24.3 Å². The third-order valence-corrected chi connectivity index (χ3v) is 3.95. The van der Waals surface area contributed by atoms with Crippen LogP contribution < -0.4 is 15.6 Å². The lowest BCUT2D eigenvalue weighted by Gasteiger charge is -2.08. The Kier molecular flexibility index (Phi) is 4.93. The van der Waals surface area contributed by atoms with E-state index in [2.05, 4.69) is 10.4 Å². The van der Waals surface area contributed by atoms with Crippen LogP contribution in [0.1, 0.15) is 25.7 Å². The van der Waals surface area contributed by atoms with Gasteiger partial charge >= 0.3 is 0 Å². The highest BCUT2D eigenvalue weighted by Gasteiger charge is 2.22. The highest BCUT2D eigenvalue weighted by molar-refractivity contribution is 5.76. The van der Waals surface area contributed by atoms with Crippen LogP contribution in [0.15, 0.2) is 41.2 Å². The summed E-state index contributed by atoms with van der Waals surface area (Å²) in [6.45, 7) is 0.425. The summed E-state index contributed by atoms with van der Waals surface area (Å²) in [5, 5.41) is 7.35. The van der Waals surface area contributed by atoms with Crippen LogP contribution in [0.2, 0.25) is 0 Å². The fourth-order valence-corrected chi connectivity index (χ4v) is 2.46. The van der Waals surface area contributed by atoms with Crippen LogP contribution in [0.5, 0.6) is 5.75 Å².